The maximum absolute atomic E-state index is 12.1. The second-order valence-corrected chi connectivity index (χ2v) is 7.67. The van der Waals surface area contributed by atoms with Crippen molar-refractivity contribution in [2.24, 2.45) is 5.73 Å². The minimum absolute atomic E-state index is 0.000201. The Labute approximate surface area is 110 Å². The summed E-state index contributed by atoms with van der Waals surface area (Å²) in [5.41, 5.74) is 5.64. The van der Waals surface area contributed by atoms with Gasteiger partial charge in [-0.25, -0.2) is 8.42 Å². The molecule has 2 unspecified atom stereocenters. The zero-order valence-electron chi connectivity index (χ0n) is 11.4. The van der Waals surface area contributed by atoms with Crippen LogP contribution in [0.25, 0.3) is 0 Å². The van der Waals surface area contributed by atoms with Gasteiger partial charge in [0.05, 0.1) is 5.75 Å². The maximum atomic E-state index is 12.1. The van der Waals surface area contributed by atoms with Crippen molar-refractivity contribution >= 4 is 15.7 Å². The summed E-state index contributed by atoms with van der Waals surface area (Å²) in [6.45, 7) is 3.68. The third kappa shape index (κ3) is 5.35. The molecular formula is C12H24N2O3S. The van der Waals surface area contributed by atoms with Crippen LogP contribution in [0.1, 0.15) is 39.5 Å². The first kappa shape index (κ1) is 15.4. The van der Waals surface area contributed by atoms with Crippen molar-refractivity contribution in [1.29, 1.82) is 0 Å². The van der Waals surface area contributed by atoms with Crippen molar-refractivity contribution in [3.63, 3.8) is 0 Å². The minimum atomic E-state index is -3.06. The number of nitrogens with two attached hydrogens (primary N) is 1. The number of rotatable bonds is 7. The van der Waals surface area contributed by atoms with Gasteiger partial charge < -0.3 is 10.6 Å². The molecule has 0 heterocycles. The molecule has 1 amide bonds. The lowest BCUT2D eigenvalue weighted by Gasteiger charge is -2.29. The molecule has 0 bridgehead atoms. The number of carbonyl (C=O) groups excluding carboxylic acids is 1. The van der Waals surface area contributed by atoms with E-state index in [4.69, 9.17) is 5.73 Å². The molecule has 0 aliphatic heterocycles. The highest BCUT2D eigenvalue weighted by atomic mass is 32.2. The molecule has 0 saturated heterocycles. The van der Waals surface area contributed by atoms with Crippen LogP contribution in [0.5, 0.6) is 0 Å². The van der Waals surface area contributed by atoms with Crippen LogP contribution >= 0.6 is 0 Å². The van der Waals surface area contributed by atoms with Crippen LogP contribution in [0.15, 0.2) is 0 Å². The fourth-order valence-corrected chi connectivity index (χ4v) is 3.20. The number of sulfone groups is 1. The molecule has 0 aromatic heterocycles. The van der Waals surface area contributed by atoms with Crippen LogP contribution in [-0.2, 0) is 14.6 Å². The quantitative estimate of drug-likeness (QED) is 0.736. The van der Waals surface area contributed by atoms with Crippen molar-refractivity contribution < 1.29 is 13.2 Å². The zero-order valence-corrected chi connectivity index (χ0v) is 12.2. The molecule has 6 heteroatoms. The third-order valence-electron chi connectivity index (χ3n) is 3.06. The monoisotopic (exact) mass is 276 g/mol. The molecule has 0 spiro atoms. The topological polar surface area (TPSA) is 80.5 Å². The molecule has 1 saturated carbocycles. The van der Waals surface area contributed by atoms with E-state index in [2.05, 4.69) is 0 Å². The molecular weight excluding hydrogens is 252 g/mol. The number of hydrogen-bond donors (Lipinski definition) is 1. The highest BCUT2D eigenvalue weighted by Gasteiger charge is 2.36. The smallest absolute Gasteiger partial charge is 0.223 e. The van der Waals surface area contributed by atoms with E-state index in [9.17, 15) is 13.2 Å². The lowest BCUT2D eigenvalue weighted by Crippen LogP contribution is -2.44. The average Bonchev–Trinajstić information content (AvgIpc) is 2.96. The second kappa shape index (κ2) is 6.02. The van der Waals surface area contributed by atoms with Gasteiger partial charge in [-0.3, -0.25) is 4.79 Å². The number of amides is 1. The second-order valence-electron chi connectivity index (χ2n) is 5.49. The largest absolute Gasteiger partial charge is 0.336 e. The Morgan fingerprint density at radius 1 is 1.39 bits per heavy atom. The van der Waals surface area contributed by atoms with Gasteiger partial charge in [0.2, 0.25) is 5.91 Å². The minimum Gasteiger partial charge on any atom is -0.336 e. The molecule has 5 nitrogen and oxygen atoms in total. The Kier molecular flexibility index (Phi) is 5.16. The SMILES string of the molecule is CC(N)CCC(=O)N(C(C)CS(C)(=O)=O)C1CC1. The van der Waals surface area contributed by atoms with Gasteiger partial charge in [-0.15, -0.1) is 0 Å². The summed E-state index contributed by atoms with van der Waals surface area (Å²) in [5.74, 6) is 0.0684. The molecule has 0 radical (unpaired) electrons. The molecule has 2 atom stereocenters. The van der Waals surface area contributed by atoms with Gasteiger partial charge in [0.1, 0.15) is 9.84 Å². The molecule has 1 aliphatic carbocycles. The standard InChI is InChI=1S/C12H24N2O3S/c1-9(13)4-7-12(15)14(11-5-6-11)10(2)8-18(3,16)17/h9-11H,4-8,13H2,1-3H3. The van der Waals surface area contributed by atoms with Crippen molar-refractivity contribution in [3.8, 4) is 0 Å². The molecule has 18 heavy (non-hydrogen) atoms. The van der Waals surface area contributed by atoms with Crippen molar-refractivity contribution in [2.75, 3.05) is 12.0 Å². The van der Waals surface area contributed by atoms with Gasteiger partial charge in [-0.1, -0.05) is 0 Å². The van der Waals surface area contributed by atoms with Gasteiger partial charge in [-0.2, -0.15) is 0 Å². The molecule has 2 N–H and O–H groups in total. The van der Waals surface area contributed by atoms with Crippen molar-refractivity contribution in [3.05, 3.63) is 0 Å². The lowest BCUT2D eigenvalue weighted by molar-refractivity contribution is -0.133. The van der Waals surface area contributed by atoms with Gasteiger partial charge >= 0.3 is 0 Å². The number of nitrogens with zero attached hydrogens (tertiary/aromatic N) is 1. The Bertz CT molecular complexity index is 388. The van der Waals surface area contributed by atoms with Crippen LogP contribution in [0.3, 0.4) is 0 Å². The predicted octanol–water partition coefficient (Wildman–Crippen LogP) is 0.538. The average molecular weight is 276 g/mol. The number of carbonyl (C=O) groups is 1. The summed E-state index contributed by atoms with van der Waals surface area (Å²) in [7, 11) is -3.06. The van der Waals surface area contributed by atoms with E-state index in [0.29, 0.717) is 12.8 Å². The lowest BCUT2D eigenvalue weighted by atomic mass is 10.1. The van der Waals surface area contributed by atoms with Crippen LogP contribution in [0, 0.1) is 0 Å². The first-order chi connectivity index (χ1) is 8.20. The number of hydrogen-bond acceptors (Lipinski definition) is 4. The van der Waals surface area contributed by atoms with Gasteiger partial charge in [0, 0.05) is 30.8 Å². The summed E-state index contributed by atoms with van der Waals surface area (Å²) in [6.07, 6.45) is 4.23. The zero-order chi connectivity index (χ0) is 13.9. The normalized spacial score (nSPS) is 19.3. The first-order valence-corrected chi connectivity index (χ1v) is 8.51. The summed E-state index contributed by atoms with van der Waals surface area (Å²) >= 11 is 0. The molecule has 1 aliphatic rings. The molecule has 106 valence electrons. The molecule has 0 aromatic rings. The van der Waals surface area contributed by atoms with Crippen molar-refractivity contribution in [2.45, 2.75) is 57.7 Å². The van der Waals surface area contributed by atoms with E-state index in [-0.39, 0.29) is 29.8 Å². The predicted molar refractivity (Wildman–Crippen MR) is 71.9 cm³/mol. The van der Waals surface area contributed by atoms with Gasteiger partial charge in [-0.05, 0) is 33.1 Å². The highest BCUT2D eigenvalue weighted by molar-refractivity contribution is 7.90. The molecule has 1 rings (SSSR count). The van der Waals surface area contributed by atoms with Crippen molar-refractivity contribution in [1.82, 2.24) is 4.90 Å². The van der Waals surface area contributed by atoms with Crippen LogP contribution in [0.2, 0.25) is 0 Å². The van der Waals surface area contributed by atoms with E-state index < -0.39 is 9.84 Å². The fourth-order valence-electron chi connectivity index (χ4n) is 2.16. The molecule has 1 fully saturated rings. The summed E-state index contributed by atoms with van der Waals surface area (Å²) < 4.78 is 22.6. The van der Waals surface area contributed by atoms with E-state index in [1.165, 1.54) is 6.26 Å². The Balaban J connectivity index is 2.61. The van der Waals surface area contributed by atoms with E-state index >= 15 is 0 Å². The Morgan fingerprint density at radius 2 is 1.94 bits per heavy atom. The van der Waals surface area contributed by atoms with Crippen LogP contribution in [-0.4, -0.2) is 49.4 Å². The summed E-state index contributed by atoms with van der Waals surface area (Å²) in [5, 5.41) is 0. The van der Waals surface area contributed by atoms with E-state index in [0.717, 1.165) is 12.8 Å². The summed E-state index contributed by atoms with van der Waals surface area (Å²) in [4.78, 5) is 13.9. The fraction of sp³-hybridized carbons (Fsp3) is 0.917. The third-order valence-corrected chi connectivity index (χ3v) is 4.15. The molecule has 0 aromatic carbocycles. The van der Waals surface area contributed by atoms with E-state index in [1.54, 1.807) is 4.90 Å². The van der Waals surface area contributed by atoms with Gasteiger partial charge in [0.15, 0.2) is 0 Å². The van der Waals surface area contributed by atoms with Gasteiger partial charge in [0.25, 0.3) is 0 Å². The van der Waals surface area contributed by atoms with Crippen LogP contribution in [0.4, 0.5) is 0 Å². The Morgan fingerprint density at radius 3 is 2.33 bits per heavy atom. The summed E-state index contributed by atoms with van der Waals surface area (Å²) in [6, 6.07) is -0.00405. The first-order valence-electron chi connectivity index (χ1n) is 6.45. The maximum Gasteiger partial charge on any atom is 0.223 e. The highest BCUT2D eigenvalue weighted by Crippen LogP contribution is 2.29. The van der Waals surface area contributed by atoms with E-state index in [1.807, 2.05) is 13.8 Å². The Hall–Kier alpha value is -0.620. The van der Waals surface area contributed by atoms with Crippen LogP contribution < -0.4 is 5.73 Å².